The van der Waals surface area contributed by atoms with Crippen LogP contribution in [0.5, 0.6) is 0 Å². The molecule has 0 aromatic carbocycles. The second kappa shape index (κ2) is 6.21. The molecule has 2 aliphatic rings. The molecule has 1 unspecified atom stereocenters. The molecule has 1 N–H and O–H groups in total. The van der Waals surface area contributed by atoms with Crippen LogP contribution < -0.4 is 5.32 Å². The van der Waals surface area contributed by atoms with E-state index in [2.05, 4.69) is 37.1 Å². The van der Waals surface area contributed by atoms with Gasteiger partial charge in [-0.15, -0.1) is 0 Å². The SMILES string of the molecule is CCCC1CNC2(CCCC2)CN1CC=C(C)C. The molecule has 1 saturated carbocycles. The average molecular weight is 250 g/mol. The van der Waals surface area contributed by atoms with Crippen molar-refractivity contribution < 1.29 is 0 Å². The first kappa shape index (κ1) is 14.1. The lowest BCUT2D eigenvalue weighted by Gasteiger charge is -2.46. The Hall–Kier alpha value is -0.340. The number of hydrogen-bond donors (Lipinski definition) is 1. The molecular formula is C16H30N2. The van der Waals surface area contributed by atoms with E-state index in [0.29, 0.717) is 5.54 Å². The Balaban J connectivity index is 2.00. The van der Waals surface area contributed by atoms with Crippen molar-refractivity contribution in [2.45, 2.75) is 70.9 Å². The summed E-state index contributed by atoms with van der Waals surface area (Å²) >= 11 is 0. The van der Waals surface area contributed by atoms with E-state index in [1.165, 1.54) is 57.2 Å². The van der Waals surface area contributed by atoms with Gasteiger partial charge < -0.3 is 5.32 Å². The third-order valence-electron chi connectivity index (χ3n) is 4.65. The highest BCUT2D eigenvalue weighted by Crippen LogP contribution is 2.33. The predicted octanol–water partition coefficient (Wildman–Crippen LogP) is 3.34. The summed E-state index contributed by atoms with van der Waals surface area (Å²) in [6, 6.07) is 0.747. The first-order chi connectivity index (χ1) is 8.65. The molecule has 104 valence electrons. The highest BCUT2D eigenvalue weighted by atomic mass is 15.3. The number of allylic oxidation sites excluding steroid dienone is 1. The van der Waals surface area contributed by atoms with Crippen LogP contribution in [0.4, 0.5) is 0 Å². The molecule has 1 heterocycles. The Morgan fingerprint density at radius 1 is 1.33 bits per heavy atom. The van der Waals surface area contributed by atoms with Crippen LogP contribution in [0.25, 0.3) is 0 Å². The summed E-state index contributed by atoms with van der Waals surface area (Å²) in [4.78, 5) is 2.73. The molecule has 1 aliphatic carbocycles. The summed E-state index contributed by atoms with van der Waals surface area (Å²) in [5.41, 5.74) is 1.91. The Morgan fingerprint density at radius 2 is 2.06 bits per heavy atom. The lowest BCUT2D eigenvalue weighted by atomic mass is 9.91. The summed E-state index contributed by atoms with van der Waals surface area (Å²) < 4.78 is 0. The molecule has 1 saturated heterocycles. The van der Waals surface area contributed by atoms with E-state index < -0.39 is 0 Å². The molecule has 0 radical (unpaired) electrons. The van der Waals surface area contributed by atoms with Crippen molar-refractivity contribution in [3.8, 4) is 0 Å². The van der Waals surface area contributed by atoms with E-state index >= 15 is 0 Å². The molecule has 1 atom stereocenters. The molecular weight excluding hydrogens is 220 g/mol. The van der Waals surface area contributed by atoms with E-state index in [-0.39, 0.29) is 0 Å². The molecule has 1 aliphatic heterocycles. The lowest BCUT2D eigenvalue weighted by Crippen LogP contribution is -2.63. The molecule has 2 fully saturated rings. The minimum Gasteiger partial charge on any atom is -0.308 e. The van der Waals surface area contributed by atoms with Gasteiger partial charge in [0.15, 0.2) is 0 Å². The zero-order valence-corrected chi connectivity index (χ0v) is 12.5. The van der Waals surface area contributed by atoms with Crippen LogP contribution in [-0.2, 0) is 0 Å². The van der Waals surface area contributed by atoms with Crippen molar-refractivity contribution in [3.05, 3.63) is 11.6 Å². The maximum atomic E-state index is 3.88. The van der Waals surface area contributed by atoms with Gasteiger partial charge in [-0.25, -0.2) is 0 Å². The highest BCUT2D eigenvalue weighted by Gasteiger charge is 2.40. The van der Waals surface area contributed by atoms with Crippen molar-refractivity contribution in [2.24, 2.45) is 0 Å². The summed E-state index contributed by atoms with van der Waals surface area (Å²) in [5, 5.41) is 3.88. The fourth-order valence-corrected chi connectivity index (χ4v) is 3.56. The lowest BCUT2D eigenvalue weighted by molar-refractivity contribution is 0.0861. The molecule has 0 aromatic rings. The number of hydrogen-bond acceptors (Lipinski definition) is 2. The Kier molecular flexibility index (Phi) is 4.85. The topological polar surface area (TPSA) is 15.3 Å². The zero-order chi connectivity index (χ0) is 13.0. The number of nitrogens with one attached hydrogen (secondary N) is 1. The van der Waals surface area contributed by atoms with Crippen molar-refractivity contribution in [2.75, 3.05) is 19.6 Å². The Bertz CT molecular complexity index is 285. The first-order valence-electron chi connectivity index (χ1n) is 7.78. The predicted molar refractivity (Wildman–Crippen MR) is 78.9 cm³/mol. The van der Waals surface area contributed by atoms with E-state index in [4.69, 9.17) is 0 Å². The summed E-state index contributed by atoms with van der Waals surface area (Å²) in [6.45, 7) is 10.3. The molecule has 0 bridgehead atoms. The maximum absolute atomic E-state index is 3.88. The second-order valence-corrected chi connectivity index (χ2v) is 6.52. The molecule has 0 amide bonds. The van der Waals surface area contributed by atoms with Gasteiger partial charge in [0.25, 0.3) is 0 Å². The van der Waals surface area contributed by atoms with Gasteiger partial charge in [0, 0.05) is 31.2 Å². The Labute approximate surface area is 113 Å². The highest BCUT2D eigenvalue weighted by molar-refractivity contribution is 5.04. The van der Waals surface area contributed by atoms with Crippen LogP contribution in [0.3, 0.4) is 0 Å². The van der Waals surface area contributed by atoms with Gasteiger partial charge in [0.05, 0.1) is 0 Å². The van der Waals surface area contributed by atoms with Gasteiger partial charge in [0.1, 0.15) is 0 Å². The van der Waals surface area contributed by atoms with Gasteiger partial charge >= 0.3 is 0 Å². The van der Waals surface area contributed by atoms with Crippen molar-refractivity contribution in [3.63, 3.8) is 0 Å². The quantitative estimate of drug-likeness (QED) is 0.770. The van der Waals surface area contributed by atoms with Crippen molar-refractivity contribution in [1.82, 2.24) is 10.2 Å². The van der Waals surface area contributed by atoms with Crippen LogP contribution in [-0.4, -0.2) is 36.1 Å². The summed E-state index contributed by atoms with van der Waals surface area (Å²) in [6.07, 6.45) is 10.6. The van der Waals surface area contributed by atoms with Crippen molar-refractivity contribution >= 4 is 0 Å². The van der Waals surface area contributed by atoms with Gasteiger partial charge in [0.2, 0.25) is 0 Å². The van der Waals surface area contributed by atoms with Gasteiger partial charge in [-0.2, -0.15) is 0 Å². The fourth-order valence-electron chi connectivity index (χ4n) is 3.56. The minimum absolute atomic E-state index is 0.458. The van der Waals surface area contributed by atoms with Crippen molar-refractivity contribution in [1.29, 1.82) is 0 Å². The van der Waals surface area contributed by atoms with Crippen LogP contribution >= 0.6 is 0 Å². The Morgan fingerprint density at radius 3 is 2.67 bits per heavy atom. The monoisotopic (exact) mass is 250 g/mol. The minimum atomic E-state index is 0.458. The van der Waals surface area contributed by atoms with E-state index in [9.17, 15) is 0 Å². The average Bonchev–Trinajstić information content (AvgIpc) is 2.78. The second-order valence-electron chi connectivity index (χ2n) is 6.52. The van der Waals surface area contributed by atoms with E-state index in [0.717, 1.165) is 12.6 Å². The van der Waals surface area contributed by atoms with Gasteiger partial charge in [-0.05, 0) is 33.1 Å². The zero-order valence-electron chi connectivity index (χ0n) is 12.5. The van der Waals surface area contributed by atoms with Crippen LogP contribution in [0.2, 0.25) is 0 Å². The molecule has 1 spiro atoms. The van der Waals surface area contributed by atoms with E-state index in [1.807, 2.05) is 0 Å². The van der Waals surface area contributed by atoms with Crippen LogP contribution in [0, 0.1) is 0 Å². The van der Waals surface area contributed by atoms with Gasteiger partial charge in [-0.3, -0.25) is 4.90 Å². The molecule has 0 aromatic heterocycles. The summed E-state index contributed by atoms with van der Waals surface area (Å²) in [5.74, 6) is 0. The molecule has 2 heteroatoms. The van der Waals surface area contributed by atoms with Crippen LogP contribution in [0.1, 0.15) is 59.3 Å². The largest absolute Gasteiger partial charge is 0.308 e. The third-order valence-corrected chi connectivity index (χ3v) is 4.65. The van der Waals surface area contributed by atoms with Gasteiger partial charge in [-0.1, -0.05) is 37.8 Å². The first-order valence-corrected chi connectivity index (χ1v) is 7.78. The normalized spacial score (nSPS) is 27.6. The standard InChI is InChI=1S/C16H30N2/c1-4-7-15-12-17-16(9-5-6-10-16)13-18(15)11-8-14(2)3/h8,15,17H,4-7,9-13H2,1-3H3. The number of nitrogens with zero attached hydrogens (tertiary/aromatic N) is 1. The number of rotatable bonds is 4. The molecule has 2 nitrogen and oxygen atoms in total. The smallest absolute Gasteiger partial charge is 0.0309 e. The fraction of sp³-hybridized carbons (Fsp3) is 0.875. The van der Waals surface area contributed by atoms with Crippen LogP contribution in [0.15, 0.2) is 11.6 Å². The molecule has 18 heavy (non-hydrogen) atoms. The maximum Gasteiger partial charge on any atom is 0.0309 e. The summed E-state index contributed by atoms with van der Waals surface area (Å²) in [7, 11) is 0. The number of piperazine rings is 1. The molecule has 2 rings (SSSR count). The third kappa shape index (κ3) is 3.36. The van der Waals surface area contributed by atoms with E-state index in [1.54, 1.807) is 0 Å².